The molecule has 1 amide bonds. The van der Waals surface area contributed by atoms with Crippen LogP contribution in [0, 0.1) is 10.1 Å². The minimum absolute atomic E-state index is 0.0451. The Kier molecular flexibility index (Phi) is 6.20. The van der Waals surface area contributed by atoms with E-state index in [-0.39, 0.29) is 11.6 Å². The van der Waals surface area contributed by atoms with Gasteiger partial charge in [-0.2, -0.15) is 0 Å². The van der Waals surface area contributed by atoms with Gasteiger partial charge in [0.25, 0.3) is 11.6 Å². The van der Waals surface area contributed by atoms with E-state index in [9.17, 15) is 14.9 Å². The maximum Gasteiger partial charge on any atom is 0.293 e. The van der Waals surface area contributed by atoms with Crippen molar-refractivity contribution in [2.45, 2.75) is 0 Å². The van der Waals surface area contributed by atoms with Crippen molar-refractivity contribution in [1.29, 1.82) is 0 Å². The molecule has 3 heterocycles. The van der Waals surface area contributed by atoms with Crippen molar-refractivity contribution in [3.8, 4) is 5.75 Å². The SMILES string of the molecule is COc1ccc2nc(N3CCN(C(=O)c4ccc(N5CCOCC5)c([N+](=O)[O-])c4)CC3)sc2c1. The van der Waals surface area contributed by atoms with E-state index < -0.39 is 4.92 Å². The molecule has 5 rings (SSSR count). The smallest absolute Gasteiger partial charge is 0.293 e. The fraction of sp³-hybridized carbons (Fsp3) is 0.391. The summed E-state index contributed by atoms with van der Waals surface area (Å²) in [6.45, 7) is 4.60. The van der Waals surface area contributed by atoms with Crippen LogP contribution in [0.5, 0.6) is 5.75 Å². The molecule has 0 aliphatic carbocycles. The molecule has 0 unspecified atom stereocenters. The number of hydrogen-bond donors (Lipinski definition) is 0. The minimum Gasteiger partial charge on any atom is -0.497 e. The molecule has 2 aromatic carbocycles. The van der Waals surface area contributed by atoms with Crippen LogP contribution in [0.25, 0.3) is 10.2 Å². The van der Waals surface area contributed by atoms with E-state index in [1.807, 2.05) is 23.1 Å². The Morgan fingerprint density at radius 3 is 2.53 bits per heavy atom. The highest BCUT2D eigenvalue weighted by Gasteiger charge is 2.27. The molecule has 2 aliphatic rings. The highest BCUT2D eigenvalue weighted by atomic mass is 32.1. The number of nitrogens with zero attached hydrogens (tertiary/aromatic N) is 5. The zero-order chi connectivity index (χ0) is 23.7. The number of nitro benzene ring substituents is 1. The lowest BCUT2D eigenvalue weighted by molar-refractivity contribution is -0.384. The van der Waals surface area contributed by atoms with Crippen molar-refractivity contribution in [3.05, 3.63) is 52.1 Å². The number of hydrogen-bond acceptors (Lipinski definition) is 9. The molecule has 0 saturated carbocycles. The Morgan fingerprint density at radius 2 is 1.82 bits per heavy atom. The lowest BCUT2D eigenvalue weighted by Crippen LogP contribution is -2.48. The Bertz CT molecular complexity index is 1220. The quantitative estimate of drug-likeness (QED) is 0.403. The number of thiazole rings is 1. The number of piperazine rings is 1. The van der Waals surface area contributed by atoms with Crippen molar-refractivity contribution in [1.82, 2.24) is 9.88 Å². The number of carbonyl (C=O) groups is 1. The number of ether oxygens (including phenoxy) is 2. The number of benzene rings is 2. The minimum atomic E-state index is -0.415. The number of aromatic nitrogens is 1. The van der Waals surface area contributed by atoms with Crippen molar-refractivity contribution in [3.63, 3.8) is 0 Å². The van der Waals surface area contributed by atoms with Gasteiger partial charge in [0.05, 0.1) is 35.5 Å². The van der Waals surface area contributed by atoms with Crippen LogP contribution in [0.2, 0.25) is 0 Å². The topological polar surface area (TPSA) is 101 Å². The van der Waals surface area contributed by atoms with Crippen molar-refractivity contribution < 1.29 is 19.2 Å². The molecule has 0 N–H and O–H groups in total. The number of amides is 1. The molecule has 0 spiro atoms. The number of carbonyl (C=O) groups excluding carboxylic acids is 1. The van der Waals surface area contributed by atoms with Gasteiger partial charge in [-0.1, -0.05) is 11.3 Å². The number of rotatable bonds is 5. The van der Waals surface area contributed by atoms with Crippen LogP contribution in [-0.2, 0) is 4.74 Å². The fourth-order valence-corrected chi connectivity index (χ4v) is 5.36. The normalized spacial score (nSPS) is 16.7. The Labute approximate surface area is 200 Å². The Hall–Kier alpha value is -3.44. The summed E-state index contributed by atoms with van der Waals surface area (Å²) >= 11 is 1.60. The van der Waals surface area contributed by atoms with Crippen LogP contribution in [-0.4, -0.2) is 80.3 Å². The molecule has 1 aromatic heterocycles. The molecule has 2 fully saturated rings. The predicted molar refractivity (Wildman–Crippen MR) is 130 cm³/mol. The first-order valence-electron chi connectivity index (χ1n) is 11.1. The molecule has 11 heteroatoms. The highest BCUT2D eigenvalue weighted by molar-refractivity contribution is 7.22. The first-order chi connectivity index (χ1) is 16.5. The molecule has 2 saturated heterocycles. The van der Waals surface area contributed by atoms with Crippen LogP contribution < -0.4 is 14.5 Å². The summed E-state index contributed by atoms with van der Waals surface area (Å²) in [7, 11) is 1.64. The van der Waals surface area contributed by atoms with Gasteiger partial charge in [-0.3, -0.25) is 14.9 Å². The van der Waals surface area contributed by atoms with Gasteiger partial charge < -0.3 is 24.2 Å². The molecular formula is C23H25N5O5S. The van der Waals surface area contributed by atoms with Crippen LogP contribution in [0.1, 0.15) is 10.4 Å². The van der Waals surface area contributed by atoms with Gasteiger partial charge >= 0.3 is 0 Å². The standard InChI is InChI=1S/C23H25N5O5S/c1-32-17-3-4-18-21(15-17)34-23(24-18)27-8-6-26(7-9-27)22(29)16-2-5-19(20(14-16)28(30)31)25-10-12-33-13-11-25/h2-5,14-15H,6-13H2,1H3. The lowest BCUT2D eigenvalue weighted by Gasteiger charge is -2.34. The molecule has 34 heavy (non-hydrogen) atoms. The summed E-state index contributed by atoms with van der Waals surface area (Å²) < 4.78 is 11.7. The first kappa shape index (κ1) is 22.4. The third-order valence-corrected chi connectivity index (χ3v) is 7.27. The second-order valence-corrected chi connectivity index (χ2v) is 9.18. The summed E-state index contributed by atoms with van der Waals surface area (Å²) in [5, 5.41) is 12.6. The molecule has 0 atom stereocenters. The largest absolute Gasteiger partial charge is 0.497 e. The molecule has 2 aliphatic heterocycles. The van der Waals surface area contributed by atoms with E-state index in [2.05, 4.69) is 4.90 Å². The third-order valence-electron chi connectivity index (χ3n) is 6.19. The van der Waals surface area contributed by atoms with E-state index in [0.29, 0.717) is 63.7 Å². The van der Waals surface area contributed by atoms with Crippen LogP contribution in [0.4, 0.5) is 16.5 Å². The van der Waals surface area contributed by atoms with Gasteiger partial charge in [0.2, 0.25) is 0 Å². The third kappa shape index (κ3) is 4.36. The van der Waals surface area contributed by atoms with E-state index in [1.165, 1.54) is 6.07 Å². The van der Waals surface area contributed by atoms with Gasteiger partial charge in [-0.05, 0) is 30.3 Å². The van der Waals surface area contributed by atoms with Gasteiger partial charge in [0, 0.05) is 50.9 Å². The van der Waals surface area contributed by atoms with Gasteiger partial charge in [-0.25, -0.2) is 4.98 Å². The summed E-state index contributed by atoms with van der Waals surface area (Å²) in [5.41, 5.74) is 1.75. The van der Waals surface area contributed by atoms with Gasteiger partial charge in [0.1, 0.15) is 11.4 Å². The highest BCUT2D eigenvalue weighted by Crippen LogP contribution is 2.33. The van der Waals surface area contributed by atoms with Gasteiger partial charge in [0.15, 0.2) is 5.13 Å². The first-order valence-corrected chi connectivity index (χ1v) is 11.9. The summed E-state index contributed by atoms with van der Waals surface area (Å²) in [6.07, 6.45) is 0. The zero-order valence-electron chi connectivity index (χ0n) is 18.8. The predicted octanol–water partition coefficient (Wildman–Crippen LogP) is 3.01. The number of morpholine rings is 1. The number of methoxy groups -OCH3 is 1. The Balaban J connectivity index is 1.28. The number of fused-ring (bicyclic) bond motifs is 1. The zero-order valence-corrected chi connectivity index (χ0v) is 19.6. The van der Waals surface area contributed by atoms with E-state index in [1.54, 1.807) is 35.5 Å². The average molecular weight is 484 g/mol. The molecule has 10 nitrogen and oxygen atoms in total. The van der Waals surface area contributed by atoms with Crippen molar-refractivity contribution in [2.24, 2.45) is 0 Å². The summed E-state index contributed by atoms with van der Waals surface area (Å²) in [5.74, 6) is 0.608. The van der Waals surface area contributed by atoms with E-state index >= 15 is 0 Å². The van der Waals surface area contributed by atoms with Crippen molar-refractivity contribution >= 4 is 44.0 Å². The number of anilines is 2. The molecule has 3 aromatic rings. The van der Waals surface area contributed by atoms with E-state index in [0.717, 1.165) is 21.1 Å². The molecule has 0 bridgehead atoms. The molecular weight excluding hydrogens is 458 g/mol. The van der Waals surface area contributed by atoms with Gasteiger partial charge in [-0.15, -0.1) is 0 Å². The molecule has 178 valence electrons. The Morgan fingerprint density at radius 1 is 1.06 bits per heavy atom. The maximum atomic E-state index is 13.1. The maximum absolute atomic E-state index is 13.1. The van der Waals surface area contributed by atoms with Crippen LogP contribution in [0.3, 0.4) is 0 Å². The molecule has 0 radical (unpaired) electrons. The van der Waals surface area contributed by atoms with Crippen LogP contribution >= 0.6 is 11.3 Å². The monoisotopic (exact) mass is 483 g/mol. The second kappa shape index (κ2) is 9.43. The van der Waals surface area contributed by atoms with E-state index in [4.69, 9.17) is 14.5 Å². The summed E-state index contributed by atoms with van der Waals surface area (Å²) in [4.78, 5) is 35.0. The average Bonchev–Trinajstić information content (AvgIpc) is 3.32. The summed E-state index contributed by atoms with van der Waals surface area (Å²) in [6, 6.07) is 10.6. The lowest BCUT2D eigenvalue weighted by atomic mass is 10.1. The van der Waals surface area contributed by atoms with Crippen molar-refractivity contribution in [2.75, 3.05) is 69.4 Å². The fourth-order valence-electron chi connectivity index (χ4n) is 4.31. The second-order valence-electron chi connectivity index (χ2n) is 8.17. The number of nitro groups is 1. The van der Waals surface area contributed by atoms with Crippen LogP contribution in [0.15, 0.2) is 36.4 Å².